The zero-order chi connectivity index (χ0) is 11.4. The van der Waals surface area contributed by atoms with Gasteiger partial charge in [-0.2, -0.15) is 0 Å². The average Bonchev–Trinajstić information content (AvgIpc) is 2.78. The molecule has 1 atom stereocenters. The molecule has 1 aromatic carbocycles. The molecule has 2 rings (SSSR count). The zero-order valence-electron chi connectivity index (χ0n) is 9.23. The van der Waals surface area contributed by atoms with Gasteiger partial charge < -0.3 is 5.43 Å². The van der Waals surface area contributed by atoms with Crippen molar-refractivity contribution in [3.8, 4) is 0 Å². The van der Waals surface area contributed by atoms with E-state index in [9.17, 15) is 4.79 Å². The van der Waals surface area contributed by atoms with Crippen molar-refractivity contribution in [2.75, 3.05) is 0 Å². The maximum absolute atomic E-state index is 11.4. The Morgan fingerprint density at radius 1 is 1.38 bits per heavy atom. The normalized spacial score (nSPS) is 19.1. The minimum absolute atomic E-state index is 0.0445. The second-order valence-electron chi connectivity index (χ2n) is 3.73. The van der Waals surface area contributed by atoms with Gasteiger partial charge in [-0.05, 0) is 5.56 Å². The number of benzene rings is 1. The first-order valence-corrected chi connectivity index (χ1v) is 5.46. The fraction of sp³-hybridized carbons (Fsp3) is 0.333. The van der Waals surface area contributed by atoms with Crippen molar-refractivity contribution in [2.45, 2.75) is 25.9 Å². The van der Waals surface area contributed by atoms with E-state index in [0.29, 0.717) is 12.3 Å². The summed E-state index contributed by atoms with van der Waals surface area (Å²) in [4.78, 5) is 15.7. The van der Waals surface area contributed by atoms with Gasteiger partial charge in [0.2, 0.25) is 0 Å². The number of ketones is 1. The summed E-state index contributed by atoms with van der Waals surface area (Å²) < 4.78 is 0. The monoisotopic (exact) mass is 217 g/mol. The molecule has 4 nitrogen and oxygen atoms in total. The Bertz CT molecular complexity index is 400. The molecule has 0 amide bonds. The van der Waals surface area contributed by atoms with E-state index in [4.69, 9.17) is 0 Å². The van der Waals surface area contributed by atoms with Crippen molar-refractivity contribution in [3.05, 3.63) is 35.9 Å². The van der Waals surface area contributed by atoms with E-state index in [1.807, 2.05) is 25.1 Å². The van der Waals surface area contributed by atoms with Crippen LogP contribution >= 0.6 is 0 Å². The fourth-order valence-electron chi connectivity index (χ4n) is 1.62. The molecule has 1 aliphatic heterocycles. The number of aliphatic imine (C=N–C) groups is 1. The molecule has 0 saturated carbocycles. The van der Waals surface area contributed by atoms with Crippen LogP contribution in [0.1, 0.15) is 18.9 Å². The molecule has 1 unspecified atom stereocenters. The van der Waals surface area contributed by atoms with Crippen molar-refractivity contribution < 1.29 is 4.79 Å². The first kappa shape index (κ1) is 10.8. The highest BCUT2D eigenvalue weighted by molar-refractivity contribution is 6.39. The standard InChI is InChI=1S/C12H15N3O/c1-2-10(16)12-13-11(14-15-12)8-9-6-4-3-5-7-9/h3-7,11,14H,2,8H2,1H3,(H,13,15). The summed E-state index contributed by atoms with van der Waals surface area (Å²) in [6, 6.07) is 10.1. The van der Waals surface area contributed by atoms with Crippen molar-refractivity contribution in [3.63, 3.8) is 0 Å². The lowest BCUT2D eigenvalue weighted by molar-refractivity contribution is -0.112. The average molecular weight is 217 g/mol. The van der Waals surface area contributed by atoms with E-state index in [1.165, 1.54) is 5.56 Å². The summed E-state index contributed by atoms with van der Waals surface area (Å²) in [5, 5.41) is 0. The minimum Gasteiger partial charge on any atom is -0.301 e. The molecule has 2 N–H and O–H groups in total. The lowest BCUT2D eigenvalue weighted by Crippen LogP contribution is -2.38. The molecule has 16 heavy (non-hydrogen) atoms. The molecule has 0 spiro atoms. The van der Waals surface area contributed by atoms with E-state index >= 15 is 0 Å². The number of amidine groups is 1. The Kier molecular flexibility index (Phi) is 3.31. The quantitative estimate of drug-likeness (QED) is 0.792. The van der Waals surface area contributed by atoms with Gasteiger partial charge in [0.05, 0.1) is 0 Å². The maximum Gasteiger partial charge on any atom is 0.198 e. The third-order valence-corrected chi connectivity index (χ3v) is 2.50. The summed E-state index contributed by atoms with van der Waals surface area (Å²) in [6.45, 7) is 1.83. The molecule has 1 aromatic rings. The Labute approximate surface area is 94.7 Å². The van der Waals surface area contributed by atoms with Crippen LogP contribution in [0, 0.1) is 0 Å². The van der Waals surface area contributed by atoms with Crippen LogP contribution < -0.4 is 10.9 Å². The van der Waals surface area contributed by atoms with E-state index in [0.717, 1.165) is 6.42 Å². The summed E-state index contributed by atoms with van der Waals surface area (Å²) >= 11 is 0. The zero-order valence-corrected chi connectivity index (χ0v) is 9.23. The molecule has 0 bridgehead atoms. The highest BCUT2D eigenvalue weighted by Gasteiger charge is 2.20. The van der Waals surface area contributed by atoms with Gasteiger partial charge >= 0.3 is 0 Å². The summed E-state index contributed by atoms with van der Waals surface area (Å²) in [5.41, 5.74) is 7.03. The second-order valence-corrected chi connectivity index (χ2v) is 3.73. The highest BCUT2D eigenvalue weighted by Crippen LogP contribution is 2.06. The van der Waals surface area contributed by atoms with Gasteiger partial charge in [0.25, 0.3) is 0 Å². The molecule has 4 heteroatoms. The summed E-state index contributed by atoms with van der Waals surface area (Å²) in [5.74, 6) is 0.492. The van der Waals surface area contributed by atoms with Gasteiger partial charge in [-0.25, -0.2) is 10.4 Å². The van der Waals surface area contributed by atoms with Crippen molar-refractivity contribution in [1.29, 1.82) is 0 Å². The predicted molar refractivity (Wildman–Crippen MR) is 62.9 cm³/mol. The van der Waals surface area contributed by atoms with Crippen molar-refractivity contribution >= 4 is 11.6 Å². The van der Waals surface area contributed by atoms with E-state index in [2.05, 4.69) is 28.0 Å². The molecular weight excluding hydrogens is 202 g/mol. The third-order valence-electron chi connectivity index (χ3n) is 2.50. The summed E-state index contributed by atoms with van der Waals surface area (Å²) in [7, 11) is 0. The predicted octanol–water partition coefficient (Wildman–Crippen LogP) is 1.04. The van der Waals surface area contributed by atoms with E-state index < -0.39 is 0 Å². The molecule has 0 radical (unpaired) electrons. The van der Waals surface area contributed by atoms with Crippen LogP contribution in [-0.2, 0) is 11.2 Å². The van der Waals surface area contributed by atoms with Crippen molar-refractivity contribution in [2.24, 2.45) is 4.99 Å². The molecule has 0 aromatic heterocycles. The fourth-order valence-corrected chi connectivity index (χ4v) is 1.62. The highest BCUT2D eigenvalue weighted by atomic mass is 16.1. The first-order valence-electron chi connectivity index (χ1n) is 5.46. The van der Waals surface area contributed by atoms with Crippen LogP contribution in [0.2, 0.25) is 0 Å². The lowest BCUT2D eigenvalue weighted by atomic mass is 10.1. The maximum atomic E-state index is 11.4. The van der Waals surface area contributed by atoms with Crippen LogP contribution in [0.15, 0.2) is 35.3 Å². The van der Waals surface area contributed by atoms with Gasteiger partial charge in [-0.15, -0.1) is 0 Å². The number of nitrogens with zero attached hydrogens (tertiary/aromatic N) is 1. The molecule has 0 fully saturated rings. The Balaban J connectivity index is 1.99. The van der Waals surface area contributed by atoms with Gasteiger partial charge in [0.1, 0.15) is 6.17 Å². The molecule has 1 heterocycles. The lowest BCUT2D eigenvalue weighted by Gasteiger charge is -2.06. The first-order chi connectivity index (χ1) is 7.79. The Hall–Kier alpha value is -1.68. The second kappa shape index (κ2) is 4.90. The SMILES string of the molecule is CCC(=O)C1=NC(Cc2ccccc2)NN1. The number of hydrazine groups is 1. The molecular formula is C12H15N3O. The van der Waals surface area contributed by atoms with Crippen LogP contribution in [0.5, 0.6) is 0 Å². The molecule has 1 aliphatic rings. The number of hydrogen-bond acceptors (Lipinski definition) is 4. The van der Waals surface area contributed by atoms with Gasteiger partial charge in [-0.3, -0.25) is 4.79 Å². The van der Waals surface area contributed by atoms with Crippen molar-refractivity contribution in [1.82, 2.24) is 10.9 Å². The van der Waals surface area contributed by atoms with Crippen LogP contribution in [0.3, 0.4) is 0 Å². The Morgan fingerprint density at radius 3 is 2.81 bits per heavy atom. The number of Topliss-reactive ketones (excluding diaryl/α,β-unsaturated/α-hetero) is 1. The summed E-state index contributed by atoms with van der Waals surface area (Å²) in [6.07, 6.45) is 1.22. The van der Waals surface area contributed by atoms with Crippen LogP contribution in [0.4, 0.5) is 0 Å². The Morgan fingerprint density at radius 2 is 2.12 bits per heavy atom. The molecule has 84 valence electrons. The van der Waals surface area contributed by atoms with Gasteiger partial charge in [-0.1, -0.05) is 37.3 Å². The topological polar surface area (TPSA) is 53.5 Å². The molecule has 0 saturated heterocycles. The number of hydrogen-bond donors (Lipinski definition) is 2. The van der Waals surface area contributed by atoms with E-state index in [-0.39, 0.29) is 11.9 Å². The van der Waals surface area contributed by atoms with Crippen LogP contribution in [0.25, 0.3) is 0 Å². The van der Waals surface area contributed by atoms with E-state index in [1.54, 1.807) is 0 Å². The molecule has 0 aliphatic carbocycles. The number of carbonyl (C=O) groups is 1. The van der Waals surface area contributed by atoms with Gasteiger partial charge in [0.15, 0.2) is 11.6 Å². The number of carbonyl (C=O) groups excluding carboxylic acids is 1. The smallest absolute Gasteiger partial charge is 0.198 e. The number of nitrogens with one attached hydrogen (secondary N) is 2. The number of rotatable bonds is 4. The van der Waals surface area contributed by atoms with Gasteiger partial charge in [0, 0.05) is 12.8 Å². The minimum atomic E-state index is -0.0482. The third kappa shape index (κ3) is 2.46. The van der Waals surface area contributed by atoms with Crippen LogP contribution in [-0.4, -0.2) is 17.8 Å². The largest absolute Gasteiger partial charge is 0.301 e.